The molecule has 0 saturated carbocycles. The Morgan fingerprint density at radius 3 is 2.64 bits per heavy atom. The quantitative estimate of drug-likeness (QED) is 0.747. The Labute approximate surface area is 166 Å². The minimum atomic E-state index is 0.0890. The fourth-order valence-corrected chi connectivity index (χ4v) is 4.81. The summed E-state index contributed by atoms with van der Waals surface area (Å²) in [5.74, 6) is 1.89. The molecule has 1 aromatic carbocycles. The van der Waals surface area contributed by atoms with Gasteiger partial charge in [0.1, 0.15) is 11.4 Å². The molecule has 0 spiro atoms. The molecule has 2 fully saturated rings. The van der Waals surface area contributed by atoms with Gasteiger partial charge < -0.3 is 24.3 Å². The normalized spacial score (nSPS) is 24.5. The minimum Gasteiger partial charge on any atom is -0.497 e. The maximum atomic E-state index is 13.2. The first-order chi connectivity index (χ1) is 13.7. The number of likely N-dealkylation sites (tertiary alicyclic amines) is 2. The van der Waals surface area contributed by atoms with E-state index in [0.29, 0.717) is 17.5 Å². The van der Waals surface area contributed by atoms with Crippen molar-refractivity contribution in [3.63, 3.8) is 0 Å². The van der Waals surface area contributed by atoms with Crippen LogP contribution in [-0.4, -0.2) is 67.7 Å². The van der Waals surface area contributed by atoms with Gasteiger partial charge in [0.05, 0.1) is 13.2 Å². The van der Waals surface area contributed by atoms with Crippen LogP contribution in [-0.2, 0) is 4.74 Å². The second kappa shape index (κ2) is 8.37. The van der Waals surface area contributed by atoms with Crippen LogP contribution >= 0.6 is 0 Å². The van der Waals surface area contributed by atoms with Crippen LogP contribution < -0.4 is 4.74 Å². The van der Waals surface area contributed by atoms with Crippen LogP contribution in [0.2, 0.25) is 0 Å². The summed E-state index contributed by atoms with van der Waals surface area (Å²) >= 11 is 0. The summed E-state index contributed by atoms with van der Waals surface area (Å²) in [7, 11) is 3.43. The van der Waals surface area contributed by atoms with Crippen LogP contribution in [0.5, 0.6) is 5.75 Å². The molecule has 3 heterocycles. The van der Waals surface area contributed by atoms with Crippen molar-refractivity contribution in [2.24, 2.45) is 11.8 Å². The molecule has 0 unspecified atom stereocenters. The molecule has 2 saturated heterocycles. The molecule has 28 heavy (non-hydrogen) atoms. The number of amides is 1. The number of nitrogens with zero attached hydrogens (tertiary/aromatic N) is 2. The Balaban J connectivity index is 1.57. The van der Waals surface area contributed by atoms with Crippen molar-refractivity contribution >= 4 is 5.91 Å². The van der Waals surface area contributed by atoms with Crippen LogP contribution in [0.25, 0.3) is 0 Å². The molecular formula is C22H29N3O3. The lowest BCUT2D eigenvalue weighted by atomic mass is 9.89. The highest BCUT2D eigenvalue weighted by Crippen LogP contribution is 2.45. The van der Waals surface area contributed by atoms with Crippen molar-refractivity contribution in [1.82, 2.24) is 14.8 Å². The molecular weight excluding hydrogens is 354 g/mol. The van der Waals surface area contributed by atoms with Crippen LogP contribution in [0.1, 0.15) is 28.5 Å². The third kappa shape index (κ3) is 3.66. The summed E-state index contributed by atoms with van der Waals surface area (Å²) in [5.41, 5.74) is 1.85. The van der Waals surface area contributed by atoms with Gasteiger partial charge in [-0.1, -0.05) is 12.1 Å². The molecule has 150 valence electrons. The molecule has 1 aromatic heterocycles. The Bertz CT molecular complexity index is 775. The Hall–Kier alpha value is -2.31. The van der Waals surface area contributed by atoms with Crippen LogP contribution in [0.15, 0.2) is 42.6 Å². The number of ether oxygens (including phenoxy) is 2. The number of carbonyl (C=O) groups excluding carboxylic acids is 1. The van der Waals surface area contributed by atoms with Crippen LogP contribution in [0.3, 0.4) is 0 Å². The number of methoxy groups -OCH3 is 2. The molecule has 2 aliphatic heterocycles. The van der Waals surface area contributed by atoms with Crippen molar-refractivity contribution in [3.05, 3.63) is 53.9 Å². The Kier molecular flexibility index (Phi) is 5.69. The number of aromatic nitrogens is 1. The number of fused-ring (bicyclic) bond motifs is 1. The van der Waals surface area contributed by atoms with Gasteiger partial charge in [-0.3, -0.25) is 4.79 Å². The van der Waals surface area contributed by atoms with E-state index in [2.05, 4.69) is 26.9 Å². The van der Waals surface area contributed by atoms with Gasteiger partial charge in [-0.05, 0) is 42.2 Å². The number of benzene rings is 1. The molecule has 6 nitrogen and oxygen atoms in total. The standard InChI is InChI=1S/C22H29N3O3/c1-27-12-4-11-24-13-17-14-25(22(26)20-5-3-10-23-20)21(19(17)15-24)16-6-8-18(28-2)9-7-16/h3,5-10,17,19,21,23H,4,11-15H2,1-2H3/t17-,19-,21-/m0/s1. The van der Waals surface area contributed by atoms with Crippen molar-refractivity contribution in [2.45, 2.75) is 12.5 Å². The summed E-state index contributed by atoms with van der Waals surface area (Å²) in [5, 5.41) is 0. The fourth-order valence-electron chi connectivity index (χ4n) is 4.81. The molecule has 4 rings (SSSR count). The van der Waals surface area contributed by atoms with E-state index in [4.69, 9.17) is 9.47 Å². The van der Waals surface area contributed by atoms with Gasteiger partial charge in [0.25, 0.3) is 5.91 Å². The molecule has 1 N–H and O–H groups in total. The number of carbonyl (C=O) groups is 1. The molecule has 1 amide bonds. The van der Waals surface area contributed by atoms with E-state index in [1.54, 1.807) is 14.2 Å². The second-order valence-electron chi connectivity index (χ2n) is 7.79. The average molecular weight is 383 g/mol. The second-order valence-corrected chi connectivity index (χ2v) is 7.79. The summed E-state index contributed by atoms with van der Waals surface area (Å²) in [6, 6.07) is 12.0. The molecule has 3 atom stereocenters. The first-order valence-corrected chi connectivity index (χ1v) is 10.0. The van der Waals surface area contributed by atoms with Gasteiger partial charge in [0.15, 0.2) is 0 Å². The topological polar surface area (TPSA) is 57.8 Å². The summed E-state index contributed by atoms with van der Waals surface area (Å²) in [6.45, 7) is 4.74. The predicted molar refractivity (Wildman–Crippen MR) is 107 cm³/mol. The lowest BCUT2D eigenvalue weighted by Crippen LogP contribution is -2.36. The molecule has 0 bridgehead atoms. The van der Waals surface area contributed by atoms with Crippen molar-refractivity contribution < 1.29 is 14.3 Å². The number of H-pyrrole nitrogens is 1. The summed E-state index contributed by atoms with van der Waals surface area (Å²) in [4.78, 5) is 20.8. The van der Waals surface area contributed by atoms with Gasteiger partial charge >= 0.3 is 0 Å². The minimum absolute atomic E-state index is 0.0890. The van der Waals surface area contributed by atoms with Crippen molar-refractivity contribution in [1.29, 1.82) is 0 Å². The number of hydrogen-bond donors (Lipinski definition) is 1. The SMILES string of the molecule is COCCCN1C[C@H]2CN(C(=O)c3ccc[nH]3)[C@@H](c3ccc(OC)cc3)[C@H]2C1. The van der Waals surface area contributed by atoms with Gasteiger partial charge in [-0.15, -0.1) is 0 Å². The van der Waals surface area contributed by atoms with E-state index in [1.165, 1.54) is 5.56 Å². The summed E-state index contributed by atoms with van der Waals surface area (Å²) in [6.07, 6.45) is 2.86. The molecule has 0 aliphatic carbocycles. The highest BCUT2D eigenvalue weighted by molar-refractivity contribution is 5.93. The zero-order valence-electron chi connectivity index (χ0n) is 16.6. The predicted octanol–water partition coefficient (Wildman–Crippen LogP) is 2.80. The lowest BCUT2D eigenvalue weighted by Gasteiger charge is -2.30. The highest BCUT2D eigenvalue weighted by Gasteiger charge is 2.49. The van der Waals surface area contributed by atoms with E-state index in [1.807, 2.05) is 30.5 Å². The number of nitrogens with one attached hydrogen (secondary N) is 1. The van der Waals surface area contributed by atoms with Crippen LogP contribution in [0.4, 0.5) is 0 Å². The molecule has 0 radical (unpaired) electrons. The smallest absolute Gasteiger partial charge is 0.270 e. The monoisotopic (exact) mass is 383 g/mol. The van der Waals surface area contributed by atoms with Crippen molar-refractivity contribution in [2.75, 3.05) is 47.0 Å². The van der Waals surface area contributed by atoms with E-state index < -0.39 is 0 Å². The van der Waals surface area contributed by atoms with E-state index in [0.717, 1.165) is 45.0 Å². The molecule has 2 aromatic rings. The zero-order chi connectivity index (χ0) is 19.5. The number of aromatic amines is 1. The first kappa shape index (κ1) is 19.0. The fraction of sp³-hybridized carbons (Fsp3) is 0.500. The maximum Gasteiger partial charge on any atom is 0.270 e. The number of rotatable bonds is 7. The third-order valence-corrected chi connectivity index (χ3v) is 6.11. The van der Waals surface area contributed by atoms with Crippen LogP contribution in [0, 0.1) is 11.8 Å². The van der Waals surface area contributed by atoms with E-state index >= 15 is 0 Å². The Morgan fingerprint density at radius 1 is 1.14 bits per heavy atom. The highest BCUT2D eigenvalue weighted by atomic mass is 16.5. The average Bonchev–Trinajstić information content (AvgIpc) is 3.44. The number of hydrogen-bond acceptors (Lipinski definition) is 4. The zero-order valence-corrected chi connectivity index (χ0v) is 16.6. The largest absolute Gasteiger partial charge is 0.497 e. The summed E-state index contributed by atoms with van der Waals surface area (Å²) < 4.78 is 10.5. The van der Waals surface area contributed by atoms with E-state index in [-0.39, 0.29) is 11.9 Å². The molecule has 6 heteroatoms. The third-order valence-electron chi connectivity index (χ3n) is 6.11. The lowest BCUT2D eigenvalue weighted by molar-refractivity contribution is 0.0694. The van der Waals surface area contributed by atoms with Gasteiger partial charge in [0, 0.05) is 52.0 Å². The maximum absolute atomic E-state index is 13.2. The Morgan fingerprint density at radius 2 is 1.96 bits per heavy atom. The van der Waals surface area contributed by atoms with Gasteiger partial charge in [0.2, 0.25) is 0 Å². The van der Waals surface area contributed by atoms with Gasteiger partial charge in [-0.2, -0.15) is 0 Å². The van der Waals surface area contributed by atoms with Crippen molar-refractivity contribution in [3.8, 4) is 5.75 Å². The van der Waals surface area contributed by atoms with E-state index in [9.17, 15) is 4.79 Å². The van der Waals surface area contributed by atoms with Gasteiger partial charge in [-0.25, -0.2) is 0 Å². The molecule has 2 aliphatic rings. The first-order valence-electron chi connectivity index (χ1n) is 10.0.